The molecule has 0 radical (unpaired) electrons. The zero-order valence-electron chi connectivity index (χ0n) is 18.4. The summed E-state index contributed by atoms with van der Waals surface area (Å²) in [5.41, 5.74) is 4.09. The predicted octanol–water partition coefficient (Wildman–Crippen LogP) is 5.49. The molecular formula is C26H19N3O5S. The minimum Gasteiger partial charge on any atom is -0.452 e. The van der Waals surface area contributed by atoms with Gasteiger partial charge in [-0.25, -0.2) is 9.78 Å². The van der Waals surface area contributed by atoms with Gasteiger partial charge in [-0.3, -0.25) is 14.9 Å². The number of allylic oxidation sites excluding steroid dienone is 1. The molecule has 5 rings (SSSR count). The van der Waals surface area contributed by atoms with Crippen molar-refractivity contribution in [2.45, 2.75) is 12.8 Å². The van der Waals surface area contributed by atoms with Crippen LogP contribution in [0.2, 0.25) is 0 Å². The molecule has 2 heterocycles. The highest BCUT2D eigenvalue weighted by atomic mass is 32.1. The number of anilines is 1. The third-order valence-electron chi connectivity index (χ3n) is 5.70. The van der Waals surface area contributed by atoms with Crippen LogP contribution in [-0.2, 0) is 16.0 Å². The molecule has 35 heavy (non-hydrogen) atoms. The van der Waals surface area contributed by atoms with Gasteiger partial charge in [0.15, 0.2) is 6.61 Å². The Morgan fingerprint density at radius 3 is 2.63 bits per heavy atom. The lowest BCUT2D eigenvalue weighted by Crippen LogP contribution is -2.21. The van der Waals surface area contributed by atoms with Gasteiger partial charge >= 0.3 is 5.97 Å². The van der Waals surface area contributed by atoms with E-state index in [1.165, 1.54) is 24.3 Å². The van der Waals surface area contributed by atoms with Gasteiger partial charge in [-0.15, -0.1) is 11.3 Å². The second-order valence-corrected chi connectivity index (χ2v) is 8.92. The van der Waals surface area contributed by atoms with E-state index >= 15 is 0 Å². The van der Waals surface area contributed by atoms with E-state index in [1.807, 2.05) is 41.8 Å². The number of non-ortho nitro benzene ring substituents is 1. The molecule has 9 heteroatoms. The van der Waals surface area contributed by atoms with Crippen LogP contribution in [0.3, 0.4) is 0 Å². The van der Waals surface area contributed by atoms with Gasteiger partial charge in [-0.1, -0.05) is 24.3 Å². The first-order chi connectivity index (χ1) is 17.0. The Bertz CT molecular complexity index is 1480. The van der Waals surface area contributed by atoms with Crippen molar-refractivity contribution in [1.29, 1.82) is 0 Å². The molecule has 8 nitrogen and oxygen atoms in total. The quantitative estimate of drug-likeness (QED) is 0.220. The summed E-state index contributed by atoms with van der Waals surface area (Å²) in [6, 6.07) is 16.8. The Morgan fingerprint density at radius 2 is 1.89 bits per heavy atom. The highest BCUT2D eigenvalue weighted by Gasteiger charge is 2.28. The number of esters is 1. The molecule has 1 amide bonds. The number of carbonyl (C=O) groups is 2. The second kappa shape index (κ2) is 9.47. The predicted molar refractivity (Wildman–Crippen MR) is 134 cm³/mol. The van der Waals surface area contributed by atoms with Crippen molar-refractivity contribution in [1.82, 2.24) is 4.98 Å². The third-order valence-corrected chi connectivity index (χ3v) is 6.52. The molecule has 2 aromatic heterocycles. The summed E-state index contributed by atoms with van der Waals surface area (Å²) in [6.45, 7) is -0.487. The lowest BCUT2D eigenvalue weighted by Gasteiger charge is -2.12. The number of nitrogens with zero attached hydrogens (tertiary/aromatic N) is 2. The standard InChI is InChI=1S/C26H19N3O5S/c30-23(27-17-8-10-18(11-9-17)29(32)33)15-34-26(31)24-20-5-1-2-6-22(20)28-25-16(7-12-21(24)25)14-19-4-3-13-35-19/h1-6,8-11,13-14H,7,12,15H2,(H,27,30). The van der Waals surface area contributed by atoms with Crippen LogP contribution in [0.4, 0.5) is 11.4 Å². The minimum atomic E-state index is -0.587. The van der Waals surface area contributed by atoms with E-state index < -0.39 is 23.4 Å². The van der Waals surface area contributed by atoms with Gasteiger partial charge in [-0.05, 0) is 59.7 Å². The van der Waals surface area contributed by atoms with Crippen LogP contribution in [0.5, 0.6) is 0 Å². The lowest BCUT2D eigenvalue weighted by atomic mass is 10.0. The van der Waals surface area contributed by atoms with Crippen molar-refractivity contribution in [2.75, 3.05) is 11.9 Å². The van der Waals surface area contributed by atoms with Crippen LogP contribution in [0, 0.1) is 10.1 Å². The summed E-state index contributed by atoms with van der Waals surface area (Å²) >= 11 is 1.64. The van der Waals surface area contributed by atoms with E-state index in [-0.39, 0.29) is 5.69 Å². The van der Waals surface area contributed by atoms with Crippen LogP contribution < -0.4 is 5.32 Å². The minimum absolute atomic E-state index is 0.0830. The van der Waals surface area contributed by atoms with Crippen molar-refractivity contribution >= 4 is 57.1 Å². The van der Waals surface area contributed by atoms with Crippen LogP contribution in [-0.4, -0.2) is 28.4 Å². The zero-order valence-corrected chi connectivity index (χ0v) is 19.2. The van der Waals surface area contributed by atoms with Gasteiger partial charge in [0, 0.05) is 28.1 Å². The Balaban J connectivity index is 1.38. The van der Waals surface area contributed by atoms with E-state index in [0.717, 1.165) is 28.1 Å². The first-order valence-electron chi connectivity index (χ1n) is 10.9. The molecule has 0 atom stereocenters. The smallest absolute Gasteiger partial charge is 0.339 e. The molecule has 174 valence electrons. The molecule has 0 unspecified atom stereocenters. The molecule has 1 aliphatic carbocycles. The van der Waals surface area contributed by atoms with Gasteiger partial charge in [0.05, 0.1) is 21.7 Å². The number of hydrogen-bond donors (Lipinski definition) is 1. The Hall–Kier alpha value is -4.37. The van der Waals surface area contributed by atoms with E-state index in [2.05, 4.69) is 11.4 Å². The van der Waals surface area contributed by atoms with Crippen LogP contribution in [0.15, 0.2) is 66.0 Å². The van der Waals surface area contributed by atoms with E-state index in [4.69, 9.17) is 9.72 Å². The van der Waals surface area contributed by atoms with Crippen LogP contribution in [0.1, 0.15) is 32.9 Å². The van der Waals surface area contributed by atoms with Crippen molar-refractivity contribution in [3.05, 3.63) is 97.9 Å². The molecule has 0 fully saturated rings. The van der Waals surface area contributed by atoms with Crippen LogP contribution >= 0.6 is 11.3 Å². The first-order valence-corrected chi connectivity index (χ1v) is 11.7. The topological polar surface area (TPSA) is 111 Å². The second-order valence-electron chi connectivity index (χ2n) is 7.94. The molecule has 0 saturated heterocycles. The largest absolute Gasteiger partial charge is 0.452 e. The molecule has 4 aromatic rings. The summed E-state index contributed by atoms with van der Waals surface area (Å²) in [6.07, 6.45) is 3.52. The van der Waals surface area contributed by atoms with E-state index in [9.17, 15) is 19.7 Å². The number of pyridine rings is 1. The van der Waals surface area contributed by atoms with E-state index in [0.29, 0.717) is 28.6 Å². The lowest BCUT2D eigenvalue weighted by molar-refractivity contribution is -0.384. The van der Waals surface area contributed by atoms with Crippen molar-refractivity contribution in [3.8, 4) is 0 Å². The Labute approximate surface area is 204 Å². The molecule has 2 aromatic carbocycles. The van der Waals surface area contributed by atoms with Gasteiger partial charge in [0.25, 0.3) is 11.6 Å². The Kier molecular flexibility index (Phi) is 6.07. The number of aromatic nitrogens is 1. The fourth-order valence-electron chi connectivity index (χ4n) is 4.12. The fraction of sp³-hybridized carbons (Fsp3) is 0.115. The number of carbonyl (C=O) groups excluding carboxylic acids is 2. The van der Waals surface area contributed by atoms with Gasteiger partial charge in [-0.2, -0.15) is 0 Å². The Morgan fingerprint density at radius 1 is 1.09 bits per heavy atom. The van der Waals surface area contributed by atoms with E-state index in [1.54, 1.807) is 11.3 Å². The van der Waals surface area contributed by atoms with Gasteiger partial charge < -0.3 is 10.1 Å². The number of benzene rings is 2. The monoisotopic (exact) mass is 485 g/mol. The number of nitro benzene ring substituents is 1. The highest BCUT2D eigenvalue weighted by molar-refractivity contribution is 7.10. The molecule has 1 aliphatic rings. The summed E-state index contributed by atoms with van der Waals surface area (Å²) in [7, 11) is 0. The molecule has 0 spiro atoms. The number of nitro groups is 1. The average molecular weight is 486 g/mol. The molecule has 0 aliphatic heterocycles. The van der Waals surface area contributed by atoms with Crippen molar-refractivity contribution < 1.29 is 19.2 Å². The maximum atomic E-state index is 13.2. The number of rotatable bonds is 6. The van der Waals surface area contributed by atoms with Crippen LogP contribution in [0.25, 0.3) is 22.6 Å². The molecular weight excluding hydrogens is 466 g/mol. The zero-order chi connectivity index (χ0) is 24.4. The maximum Gasteiger partial charge on any atom is 0.339 e. The maximum absolute atomic E-state index is 13.2. The molecule has 0 saturated carbocycles. The fourth-order valence-corrected chi connectivity index (χ4v) is 4.81. The molecule has 0 bridgehead atoms. The first kappa shape index (κ1) is 22.4. The summed E-state index contributed by atoms with van der Waals surface area (Å²) < 4.78 is 5.39. The number of hydrogen-bond acceptors (Lipinski definition) is 7. The number of nitrogens with one attached hydrogen (secondary N) is 1. The van der Waals surface area contributed by atoms with Gasteiger partial charge in [0.2, 0.25) is 0 Å². The summed E-state index contributed by atoms with van der Waals surface area (Å²) in [5.74, 6) is -1.13. The molecule has 1 N–H and O–H groups in total. The summed E-state index contributed by atoms with van der Waals surface area (Å²) in [4.78, 5) is 41.8. The highest BCUT2D eigenvalue weighted by Crippen LogP contribution is 2.38. The third kappa shape index (κ3) is 4.67. The summed E-state index contributed by atoms with van der Waals surface area (Å²) in [5, 5.41) is 16.0. The number of ether oxygens (including phenoxy) is 1. The number of thiophene rings is 1. The average Bonchev–Trinajstić information content (AvgIpc) is 3.52. The number of amides is 1. The number of fused-ring (bicyclic) bond motifs is 2. The van der Waals surface area contributed by atoms with Gasteiger partial charge in [0.1, 0.15) is 0 Å². The number of para-hydroxylation sites is 1. The van der Waals surface area contributed by atoms with Crippen molar-refractivity contribution in [3.63, 3.8) is 0 Å². The SMILES string of the molecule is O=C(COC(=O)c1c2c(nc3ccccc13)C(=Cc1cccs1)CC2)Nc1ccc([N+](=O)[O-])cc1. The normalized spacial score (nSPS) is 13.5. The van der Waals surface area contributed by atoms with Crippen molar-refractivity contribution in [2.24, 2.45) is 0 Å².